The highest BCUT2D eigenvalue weighted by molar-refractivity contribution is 7.11. The maximum absolute atomic E-state index is 6.04. The normalized spacial score (nSPS) is 27.7. The van der Waals surface area contributed by atoms with Crippen molar-refractivity contribution in [3.05, 3.63) is 21.9 Å². The molecule has 2 aliphatic rings. The van der Waals surface area contributed by atoms with Gasteiger partial charge in [-0.25, -0.2) is 0 Å². The summed E-state index contributed by atoms with van der Waals surface area (Å²) in [6, 6.07) is 5.24. The van der Waals surface area contributed by atoms with Crippen LogP contribution in [0.15, 0.2) is 12.1 Å². The zero-order valence-electron chi connectivity index (χ0n) is 13.5. The van der Waals surface area contributed by atoms with E-state index in [-0.39, 0.29) is 0 Å². The van der Waals surface area contributed by atoms with Crippen molar-refractivity contribution in [3.63, 3.8) is 0 Å². The van der Waals surface area contributed by atoms with Gasteiger partial charge in [-0.15, -0.1) is 11.3 Å². The molecule has 2 aliphatic carbocycles. The van der Waals surface area contributed by atoms with Gasteiger partial charge in [-0.1, -0.05) is 26.2 Å². The van der Waals surface area contributed by atoms with Crippen LogP contribution in [0.5, 0.6) is 0 Å². The summed E-state index contributed by atoms with van der Waals surface area (Å²) in [5, 5.41) is 3.85. The molecular weight excluding hydrogens is 278 g/mol. The Morgan fingerprint density at radius 1 is 1.19 bits per heavy atom. The van der Waals surface area contributed by atoms with Crippen LogP contribution >= 0.6 is 11.3 Å². The predicted octanol–water partition coefficient (Wildman–Crippen LogP) is 4.53. The molecular formula is C18H29NOS. The zero-order chi connectivity index (χ0) is 14.7. The number of nitrogens with one attached hydrogen (secondary N) is 1. The third-order valence-electron chi connectivity index (χ3n) is 5.53. The van der Waals surface area contributed by atoms with Gasteiger partial charge in [0, 0.05) is 34.4 Å². The third-order valence-corrected chi connectivity index (χ3v) is 6.76. The van der Waals surface area contributed by atoms with Crippen molar-refractivity contribution in [2.75, 3.05) is 6.61 Å². The second-order valence-corrected chi connectivity index (χ2v) is 7.88. The van der Waals surface area contributed by atoms with Crippen LogP contribution < -0.4 is 5.32 Å². The molecule has 0 aromatic carbocycles. The molecule has 0 bridgehead atoms. The number of rotatable bonds is 6. The topological polar surface area (TPSA) is 21.3 Å². The molecule has 2 unspecified atom stereocenters. The molecule has 0 radical (unpaired) electrons. The van der Waals surface area contributed by atoms with Crippen molar-refractivity contribution < 1.29 is 4.74 Å². The molecule has 0 amide bonds. The summed E-state index contributed by atoms with van der Waals surface area (Å²) >= 11 is 1.96. The van der Waals surface area contributed by atoms with E-state index in [2.05, 4.69) is 31.3 Å². The fraction of sp³-hybridized carbons (Fsp3) is 0.778. The molecule has 0 saturated heterocycles. The highest BCUT2D eigenvalue weighted by Crippen LogP contribution is 2.53. The smallest absolute Gasteiger partial charge is 0.0661 e. The van der Waals surface area contributed by atoms with Gasteiger partial charge in [-0.3, -0.25) is 0 Å². The lowest BCUT2D eigenvalue weighted by Crippen LogP contribution is -2.64. The van der Waals surface area contributed by atoms with Gasteiger partial charge in [0.15, 0.2) is 0 Å². The summed E-state index contributed by atoms with van der Waals surface area (Å²) in [6.45, 7) is 6.27. The van der Waals surface area contributed by atoms with Crippen LogP contribution in [0.25, 0.3) is 0 Å². The largest absolute Gasteiger partial charge is 0.378 e. The highest BCUT2D eigenvalue weighted by Gasteiger charge is 2.55. The lowest BCUT2D eigenvalue weighted by Gasteiger charge is -2.58. The average Bonchev–Trinajstić information content (AvgIpc) is 2.99. The summed E-state index contributed by atoms with van der Waals surface area (Å²) in [5.41, 5.74) is 0.444. The van der Waals surface area contributed by atoms with E-state index in [1.54, 1.807) is 0 Å². The first-order valence-corrected chi connectivity index (χ1v) is 9.52. The van der Waals surface area contributed by atoms with E-state index in [1.807, 2.05) is 11.3 Å². The van der Waals surface area contributed by atoms with Gasteiger partial charge in [0.25, 0.3) is 0 Å². The molecule has 0 aliphatic heterocycles. The van der Waals surface area contributed by atoms with Crippen molar-refractivity contribution in [2.24, 2.45) is 5.41 Å². The molecule has 21 heavy (non-hydrogen) atoms. The van der Waals surface area contributed by atoms with Crippen molar-refractivity contribution in [2.45, 2.75) is 77.5 Å². The van der Waals surface area contributed by atoms with Gasteiger partial charge in [-0.2, -0.15) is 0 Å². The molecule has 3 heteroatoms. The predicted molar refractivity (Wildman–Crippen MR) is 89.9 cm³/mol. The molecule has 1 aromatic rings. The third kappa shape index (κ3) is 3.06. The van der Waals surface area contributed by atoms with Crippen molar-refractivity contribution in [1.29, 1.82) is 0 Å². The minimum atomic E-state index is 0.444. The van der Waals surface area contributed by atoms with Gasteiger partial charge in [0.1, 0.15) is 0 Å². The Kier molecular flexibility index (Phi) is 5.03. The van der Waals surface area contributed by atoms with E-state index < -0.39 is 0 Å². The fourth-order valence-corrected chi connectivity index (χ4v) is 5.19. The molecule has 3 rings (SSSR count). The van der Waals surface area contributed by atoms with Crippen LogP contribution in [-0.4, -0.2) is 18.8 Å². The molecule has 2 nitrogen and oxygen atoms in total. The quantitative estimate of drug-likeness (QED) is 0.834. The minimum Gasteiger partial charge on any atom is -0.378 e. The fourth-order valence-electron chi connectivity index (χ4n) is 4.28. The van der Waals surface area contributed by atoms with Gasteiger partial charge in [-0.05, 0) is 44.7 Å². The van der Waals surface area contributed by atoms with Crippen molar-refractivity contribution >= 4 is 11.3 Å². The second kappa shape index (κ2) is 6.80. The molecule has 118 valence electrons. The summed E-state index contributed by atoms with van der Waals surface area (Å²) < 4.78 is 6.04. The Hall–Kier alpha value is -0.380. The molecule has 2 saturated carbocycles. The maximum Gasteiger partial charge on any atom is 0.0661 e. The first-order valence-electron chi connectivity index (χ1n) is 8.71. The Labute approximate surface area is 133 Å². The van der Waals surface area contributed by atoms with E-state index >= 15 is 0 Å². The number of hydrogen-bond acceptors (Lipinski definition) is 3. The zero-order valence-corrected chi connectivity index (χ0v) is 14.3. The second-order valence-electron chi connectivity index (χ2n) is 6.63. The van der Waals surface area contributed by atoms with Crippen LogP contribution in [-0.2, 0) is 17.7 Å². The standard InChI is InChI=1S/C18H29NOS/c1-3-14-8-9-15(21-14)13-19-16-12-17(20-4-2)18(16)10-6-5-7-11-18/h8-9,16-17,19H,3-7,10-13H2,1-2H3. The van der Waals surface area contributed by atoms with Crippen LogP contribution in [0, 0.1) is 5.41 Å². The van der Waals surface area contributed by atoms with Crippen LogP contribution in [0.4, 0.5) is 0 Å². The summed E-state index contributed by atoms with van der Waals surface area (Å²) in [7, 11) is 0. The first kappa shape index (κ1) is 15.5. The molecule has 1 heterocycles. The Balaban J connectivity index is 1.59. The lowest BCUT2D eigenvalue weighted by atomic mass is 9.55. The van der Waals surface area contributed by atoms with Crippen LogP contribution in [0.3, 0.4) is 0 Å². The van der Waals surface area contributed by atoms with Gasteiger partial charge in [0.05, 0.1) is 6.10 Å². The first-order chi connectivity index (χ1) is 10.3. The highest BCUT2D eigenvalue weighted by atomic mass is 32.1. The van der Waals surface area contributed by atoms with E-state index in [0.29, 0.717) is 17.6 Å². The Morgan fingerprint density at radius 3 is 2.62 bits per heavy atom. The van der Waals surface area contributed by atoms with E-state index in [0.717, 1.165) is 19.6 Å². The summed E-state index contributed by atoms with van der Waals surface area (Å²) in [6.07, 6.45) is 9.79. The summed E-state index contributed by atoms with van der Waals surface area (Å²) in [4.78, 5) is 2.98. The van der Waals surface area contributed by atoms with Crippen LogP contribution in [0.1, 0.15) is 62.1 Å². The lowest BCUT2D eigenvalue weighted by molar-refractivity contribution is -0.150. The minimum absolute atomic E-state index is 0.444. The Morgan fingerprint density at radius 2 is 1.95 bits per heavy atom. The monoisotopic (exact) mass is 307 g/mol. The SMILES string of the molecule is CCOC1CC(NCc2ccc(CC)s2)C12CCCCC2. The van der Waals surface area contributed by atoms with E-state index in [4.69, 9.17) is 4.74 Å². The molecule has 2 atom stereocenters. The van der Waals surface area contributed by atoms with E-state index in [1.165, 1.54) is 48.3 Å². The summed E-state index contributed by atoms with van der Waals surface area (Å²) in [5.74, 6) is 0. The average molecular weight is 308 g/mol. The van der Waals surface area contributed by atoms with Gasteiger partial charge in [0.2, 0.25) is 0 Å². The van der Waals surface area contributed by atoms with Crippen molar-refractivity contribution in [3.8, 4) is 0 Å². The van der Waals surface area contributed by atoms with Gasteiger partial charge < -0.3 is 10.1 Å². The molecule has 1 spiro atoms. The molecule has 1 N–H and O–H groups in total. The maximum atomic E-state index is 6.04. The van der Waals surface area contributed by atoms with E-state index in [9.17, 15) is 0 Å². The Bertz CT molecular complexity index is 450. The van der Waals surface area contributed by atoms with Crippen molar-refractivity contribution in [1.82, 2.24) is 5.32 Å². The number of thiophene rings is 1. The number of ether oxygens (including phenoxy) is 1. The number of aryl methyl sites for hydroxylation is 1. The number of hydrogen-bond donors (Lipinski definition) is 1. The molecule has 1 aromatic heterocycles. The molecule has 2 fully saturated rings. The van der Waals surface area contributed by atoms with Gasteiger partial charge >= 0.3 is 0 Å². The van der Waals surface area contributed by atoms with Crippen LogP contribution in [0.2, 0.25) is 0 Å².